The first kappa shape index (κ1) is 14.3. The van der Waals surface area contributed by atoms with E-state index in [2.05, 4.69) is 5.32 Å². The number of aromatic hydroxyl groups is 1. The van der Waals surface area contributed by atoms with Crippen LogP contribution in [-0.4, -0.2) is 22.5 Å². The third-order valence-electron chi connectivity index (χ3n) is 2.58. The molecule has 0 aliphatic rings. The van der Waals surface area contributed by atoms with Crippen molar-refractivity contribution in [1.29, 1.82) is 0 Å². The second-order valence-electron chi connectivity index (χ2n) is 4.11. The highest BCUT2D eigenvalue weighted by Gasteiger charge is 2.12. The Morgan fingerprint density at radius 1 is 1.24 bits per heavy atom. The number of rotatable bonds is 5. The first-order chi connectivity index (χ1) is 10.1. The lowest BCUT2D eigenvalue weighted by Gasteiger charge is -2.08. The molecule has 0 atom stereocenters. The van der Waals surface area contributed by atoms with Gasteiger partial charge in [0, 0.05) is 12.1 Å². The zero-order chi connectivity index (χ0) is 15.2. The van der Waals surface area contributed by atoms with Crippen molar-refractivity contribution in [2.45, 2.75) is 0 Å². The lowest BCUT2D eigenvalue weighted by atomic mass is 10.2. The molecule has 0 aliphatic carbocycles. The molecule has 2 aromatic rings. The number of carbonyl (C=O) groups is 1. The number of amides is 1. The number of phenolic OH excluding ortho intramolecular Hbond substituents is 1. The van der Waals surface area contributed by atoms with Gasteiger partial charge in [-0.15, -0.1) is 0 Å². The molecular formula is C14H12N2O5. The molecule has 0 fully saturated rings. The minimum atomic E-state index is -0.616. The minimum absolute atomic E-state index is 0.0362. The number of nitro benzene ring substituents is 1. The summed E-state index contributed by atoms with van der Waals surface area (Å²) in [6.45, 7) is -0.272. The molecule has 2 rings (SSSR count). The Bertz CT molecular complexity index is 658. The molecule has 1 amide bonds. The van der Waals surface area contributed by atoms with Gasteiger partial charge in [0.25, 0.3) is 11.6 Å². The van der Waals surface area contributed by atoms with Crippen LogP contribution in [-0.2, 0) is 4.79 Å². The summed E-state index contributed by atoms with van der Waals surface area (Å²) in [7, 11) is 0. The number of nitrogens with one attached hydrogen (secondary N) is 1. The topological polar surface area (TPSA) is 102 Å². The van der Waals surface area contributed by atoms with Crippen LogP contribution >= 0.6 is 0 Å². The molecule has 0 radical (unpaired) electrons. The molecule has 21 heavy (non-hydrogen) atoms. The van der Waals surface area contributed by atoms with Crippen molar-refractivity contribution in [3.05, 3.63) is 58.6 Å². The van der Waals surface area contributed by atoms with Crippen LogP contribution in [0.2, 0.25) is 0 Å². The lowest BCUT2D eigenvalue weighted by molar-refractivity contribution is -0.384. The Morgan fingerprint density at radius 3 is 2.62 bits per heavy atom. The van der Waals surface area contributed by atoms with E-state index in [1.165, 1.54) is 0 Å². The standard InChI is InChI=1S/C14H12N2O5/c17-13-7-6-10(16(19)20)8-12(13)15-14(18)9-21-11-4-2-1-3-5-11/h1-8,17H,9H2,(H,15,18). The van der Waals surface area contributed by atoms with E-state index in [1.807, 2.05) is 6.07 Å². The van der Waals surface area contributed by atoms with Gasteiger partial charge in [0.05, 0.1) is 10.6 Å². The molecule has 108 valence electrons. The van der Waals surface area contributed by atoms with Gasteiger partial charge in [-0.05, 0) is 18.2 Å². The van der Waals surface area contributed by atoms with Crippen LogP contribution in [0.5, 0.6) is 11.5 Å². The summed E-state index contributed by atoms with van der Waals surface area (Å²) in [6, 6.07) is 12.1. The Balaban J connectivity index is 1.99. The molecule has 2 N–H and O–H groups in total. The predicted molar refractivity (Wildman–Crippen MR) is 75.3 cm³/mol. The maximum Gasteiger partial charge on any atom is 0.271 e. The summed E-state index contributed by atoms with van der Waals surface area (Å²) in [5.74, 6) is -0.265. The third kappa shape index (κ3) is 3.93. The number of carbonyl (C=O) groups excluding carboxylic acids is 1. The second kappa shape index (κ2) is 6.38. The molecule has 7 nitrogen and oxygen atoms in total. The molecule has 0 spiro atoms. The van der Waals surface area contributed by atoms with Crippen LogP contribution < -0.4 is 10.1 Å². The highest BCUT2D eigenvalue weighted by atomic mass is 16.6. The van der Waals surface area contributed by atoms with Gasteiger partial charge in [-0.3, -0.25) is 14.9 Å². The summed E-state index contributed by atoms with van der Waals surface area (Å²) < 4.78 is 5.23. The summed E-state index contributed by atoms with van der Waals surface area (Å²) in [6.07, 6.45) is 0. The fourth-order valence-electron chi connectivity index (χ4n) is 1.59. The number of ether oxygens (including phenoxy) is 1. The number of nitrogens with zero attached hydrogens (tertiary/aromatic N) is 1. The molecule has 0 aromatic heterocycles. The molecular weight excluding hydrogens is 276 g/mol. The molecule has 7 heteroatoms. The summed E-state index contributed by atoms with van der Waals surface area (Å²) in [5.41, 5.74) is -0.266. The highest BCUT2D eigenvalue weighted by molar-refractivity contribution is 5.93. The van der Waals surface area contributed by atoms with Crippen molar-refractivity contribution < 1.29 is 19.6 Å². The molecule has 0 saturated heterocycles. The van der Waals surface area contributed by atoms with Crippen molar-refractivity contribution in [2.24, 2.45) is 0 Å². The van der Waals surface area contributed by atoms with Gasteiger partial charge in [-0.1, -0.05) is 18.2 Å². The van der Waals surface area contributed by atoms with Gasteiger partial charge in [0.1, 0.15) is 11.5 Å². The zero-order valence-electron chi connectivity index (χ0n) is 10.9. The number of hydrogen-bond donors (Lipinski definition) is 2. The Labute approximate surface area is 119 Å². The van der Waals surface area contributed by atoms with Gasteiger partial charge >= 0.3 is 0 Å². The van der Waals surface area contributed by atoms with E-state index in [0.717, 1.165) is 18.2 Å². The van der Waals surface area contributed by atoms with Crippen LogP contribution in [0.15, 0.2) is 48.5 Å². The maximum absolute atomic E-state index is 11.7. The zero-order valence-corrected chi connectivity index (χ0v) is 10.9. The van der Waals surface area contributed by atoms with E-state index in [0.29, 0.717) is 5.75 Å². The smallest absolute Gasteiger partial charge is 0.271 e. The van der Waals surface area contributed by atoms with E-state index < -0.39 is 10.8 Å². The fraction of sp³-hybridized carbons (Fsp3) is 0.0714. The van der Waals surface area contributed by atoms with Crippen LogP contribution in [0, 0.1) is 10.1 Å². The average Bonchev–Trinajstić information content (AvgIpc) is 2.48. The number of non-ortho nitro benzene ring substituents is 1. The Morgan fingerprint density at radius 2 is 1.95 bits per heavy atom. The SMILES string of the molecule is O=C(COc1ccccc1)Nc1cc([N+](=O)[O-])ccc1O. The monoisotopic (exact) mass is 288 g/mol. The second-order valence-corrected chi connectivity index (χ2v) is 4.11. The maximum atomic E-state index is 11.7. The molecule has 0 unspecified atom stereocenters. The van der Waals surface area contributed by atoms with Crippen molar-refractivity contribution in [1.82, 2.24) is 0 Å². The lowest BCUT2D eigenvalue weighted by Crippen LogP contribution is -2.20. The van der Waals surface area contributed by atoms with Crippen LogP contribution in [0.25, 0.3) is 0 Å². The van der Waals surface area contributed by atoms with Gasteiger partial charge in [0.2, 0.25) is 0 Å². The normalized spacial score (nSPS) is 9.90. The number of hydrogen-bond acceptors (Lipinski definition) is 5. The van der Waals surface area contributed by atoms with Gasteiger partial charge < -0.3 is 15.2 Å². The van der Waals surface area contributed by atoms with Crippen molar-refractivity contribution in [2.75, 3.05) is 11.9 Å². The molecule has 0 heterocycles. The largest absolute Gasteiger partial charge is 0.506 e. The van der Waals surface area contributed by atoms with Gasteiger partial charge in [-0.2, -0.15) is 0 Å². The van der Waals surface area contributed by atoms with E-state index in [-0.39, 0.29) is 23.7 Å². The van der Waals surface area contributed by atoms with Crippen LogP contribution in [0.4, 0.5) is 11.4 Å². The molecule has 2 aromatic carbocycles. The summed E-state index contributed by atoms with van der Waals surface area (Å²) >= 11 is 0. The predicted octanol–water partition coefficient (Wildman–Crippen LogP) is 2.32. The quantitative estimate of drug-likeness (QED) is 0.499. The van der Waals surface area contributed by atoms with Gasteiger partial charge in [0.15, 0.2) is 6.61 Å². The number of anilines is 1. The van der Waals surface area contributed by atoms with E-state index in [1.54, 1.807) is 24.3 Å². The van der Waals surface area contributed by atoms with Crippen molar-refractivity contribution in [3.8, 4) is 11.5 Å². The first-order valence-corrected chi connectivity index (χ1v) is 6.01. The number of benzene rings is 2. The average molecular weight is 288 g/mol. The molecule has 0 bridgehead atoms. The summed E-state index contributed by atoms with van der Waals surface area (Å²) in [4.78, 5) is 21.7. The van der Waals surface area contributed by atoms with E-state index >= 15 is 0 Å². The minimum Gasteiger partial charge on any atom is -0.506 e. The van der Waals surface area contributed by atoms with Crippen LogP contribution in [0.1, 0.15) is 0 Å². The first-order valence-electron chi connectivity index (χ1n) is 6.01. The molecule has 0 saturated carbocycles. The summed E-state index contributed by atoms with van der Waals surface area (Å²) in [5, 5.41) is 22.6. The van der Waals surface area contributed by atoms with Crippen LogP contribution in [0.3, 0.4) is 0 Å². The number of nitro groups is 1. The highest BCUT2D eigenvalue weighted by Crippen LogP contribution is 2.27. The number of para-hydroxylation sites is 1. The third-order valence-corrected chi connectivity index (χ3v) is 2.58. The molecule has 0 aliphatic heterocycles. The van der Waals surface area contributed by atoms with E-state index in [4.69, 9.17) is 4.74 Å². The number of phenols is 1. The van der Waals surface area contributed by atoms with Crippen molar-refractivity contribution in [3.63, 3.8) is 0 Å². The fourth-order valence-corrected chi connectivity index (χ4v) is 1.59. The Hall–Kier alpha value is -3.09. The van der Waals surface area contributed by atoms with Crippen molar-refractivity contribution >= 4 is 17.3 Å². The Kier molecular flexibility index (Phi) is 4.35. The van der Waals surface area contributed by atoms with E-state index in [9.17, 15) is 20.0 Å². The van der Waals surface area contributed by atoms with Gasteiger partial charge in [-0.25, -0.2) is 0 Å².